The Kier molecular flexibility index (Phi) is 3.33. The highest BCUT2D eigenvalue weighted by Gasteiger charge is 2.18. The van der Waals surface area contributed by atoms with Crippen LogP contribution in [0.4, 0.5) is 5.82 Å². The predicted octanol–water partition coefficient (Wildman–Crippen LogP) is -0.777. The molecule has 1 aromatic rings. The molecule has 1 aliphatic rings. The van der Waals surface area contributed by atoms with E-state index in [9.17, 15) is 14.9 Å². The number of nitrogens with one attached hydrogen (secondary N) is 1. The fourth-order valence-corrected chi connectivity index (χ4v) is 1.70. The van der Waals surface area contributed by atoms with Gasteiger partial charge in [-0.25, -0.2) is 0 Å². The number of nitro groups is 1. The summed E-state index contributed by atoms with van der Waals surface area (Å²) >= 11 is 0. The molecule has 2 heterocycles. The highest BCUT2D eigenvalue weighted by molar-refractivity contribution is 5.76. The zero-order valence-corrected chi connectivity index (χ0v) is 9.20. The second kappa shape index (κ2) is 4.91. The Bertz CT molecular complexity index is 424. The molecule has 8 heteroatoms. The molecule has 1 fully saturated rings. The maximum absolute atomic E-state index is 11.8. The summed E-state index contributed by atoms with van der Waals surface area (Å²) in [5.41, 5.74) is 0. The Balaban J connectivity index is 1.94. The van der Waals surface area contributed by atoms with E-state index in [0.717, 1.165) is 13.1 Å². The number of hydrogen-bond acceptors (Lipinski definition) is 5. The van der Waals surface area contributed by atoms with Gasteiger partial charge in [0.25, 0.3) is 0 Å². The highest BCUT2D eigenvalue weighted by Crippen LogP contribution is 2.06. The van der Waals surface area contributed by atoms with Gasteiger partial charge in [0.05, 0.1) is 0 Å². The van der Waals surface area contributed by atoms with E-state index < -0.39 is 4.92 Å². The third-order valence-electron chi connectivity index (χ3n) is 2.59. The Morgan fingerprint density at radius 2 is 2.24 bits per heavy atom. The number of amides is 1. The van der Waals surface area contributed by atoms with Crippen molar-refractivity contribution in [2.75, 3.05) is 26.2 Å². The summed E-state index contributed by atoms with van der Waals surface area (Å²) in [6.07, 6.45) is 2.57. The van der Waals surface area contributed by atoms with Crippen molar-refractivity contribution in [1.29, 1.82) is 0 Å². The fraction of sp³-hybridized carbons (Fsp3) is 0.556. The van der Waals surface area contributed by atoms with Gasteiger partial charge in [-0.3, -0.25) is 4.79 Å². The van der Waals surface area contributed by atoms with E-state index in [2.05, 4.69) is 10.3 Å². The van der Waals surface area contributed by atoms with Crippen molar-refractivity contribution in [3.8, 4) is 0 Å². The molecule has 1 N–H and O–H groups in total. The summed E-state index contributed by atoms with van der Waals surface area (Å²) in [6.45, 7) is 3.03. The molecule has 0 saturated carbocycles. The molecule has 1 aromatic heterocycles. The molecule has 0 bridgehead atoms. The van der Waals surface area contributed by atoms with E-state index in [4.69, 9.17) is 0 Å². The van der Waals surface area contributed by atoms with E-state index in [0.29, 0.717) is 13.1 Å². The normalized spacial score (nSPS) is 15.9. The van der Waals surface area contributed by atoms with E-state index >= 15 is 0 Å². The summed E-state index contributed by atoms with van der Waals surface area (Å²) in [7, 11) is 0. The standard InChI is InChI=1S/C9H13N5O3/c15-9(13-3-1-10-2-4-13)6-12-5-8(11-7-12)14(16)17/h5,7,10H,1-4,6H2. The van der Waals surface area contributed by atoms with Gasteiger partial charge in [-0.15, -0.1) is 0 Å². The molecule has 0 radical (unpaired) electrons. The van der Waals surface area contributed by atoms with E-state index in [1.807, 2.05) is 0 Å². The number of carbonyl (C=O) groups is 1. The number of aromatic nitrogens is 2. The molecule has 1 amide bonds. The number of rotatable bonds is 3. The van der Waals surface area contributed by atoms with Crippen LogP contribution in [-0.2, 0) is 11.3 Å². The number of hydrogen-bond donors (Lipinski definition) is 1. The average Bonchev–Trinajstić information content (AvgIpc) is 2.79. The van der Waals surface area contributed by atoms with Gasteiger partial charge in [0.2, 0.25) is 12.2 Å². The Morgan fingerprint density at radius 1 is 1.53 bits per heavy atom. The molecular formula is C9H13N5O3. The van der Waals surface area contributed by atoms with Crippen molar-refractivity contribution in [1.82, 2.24) is 19.8 Å². The molecule has 0 spiro atoms. The van der Waals surface area contributed by atoms with Crippen molar-refractivity contribution >= 4 is 11.7 Å². The van der Waals surface area contributed by atoms with Crippen LogP contribution < -0.4 is 5.32 Å². The Hall–Kier alpha value is -1.96. The number of imidazole rings is 1. The molecule has 1 aliphatic heterocycles. The Labute approximate surface area is 97.4 Å². The lowest BCUT2D eigenvalue weighted by Gasteiger charge is -2.27. The van der Waals surface area contributed by atoms with Crippen molar-refractivity contribution in [3.05, 3.63) is 22.6 Å². The van der Waals surface area contributed by atoms with Crippen molar-refractivity contribution in [3.63, 3.8) is 0 Å². The van der Waals surface area contributed by atoms with E-state index in [-0.39, 0.29) is 18.3 Å². The van der Waals surface area contributed by atoms with Crippen LogP contribution in [0.2, 0.25) is 0 Å². The number of nitrogens with zero attached hydrogens (tertiary/aromatic N) is 4. The van der Waals surface area contributed by atoms with Crippen molar-refractivity contribution in [2.45, 2.75) is 6.54 Å². The minimum atomic E-state index is -0.578. The van der Waals surface area contributed by atoms with Crippen LogP contribution >= 0.6 is 0 Å². The van der Waals surface area contributed by atoms with Gasteiger partial charge >= 0.3 is 5.82 Å². The van der Waals surface area contributed by atoms with Crippen LogP contribution in [-0.4, -0.2) is 51.5 Å². The lowest BCUT2D eigenvalue weighted by atomic mass is 10.3. The van der Waals surface area contributed by atoms with Crippen LogP contribution in [0.5, 0.6) is 0 Å². The molecule has 8 nitrogen and oxygen atoms in total. The summed E-state index contributed by atoms with van der Waals surface area (Å²) in [6, 6.07) is 0. The molecular weight excluding hydrogens is 226 g/mol. The molecule has 0 aromatic carbocycles. The SMILES string of the molecule is O=C(Cn1cnc([N+](=O)[O-])c1)N1CCNCC1. The summed E-state index contributed by atoms with van der Waals surface area (Å²) < 4.78 is 1.43. The van der Waals surface area contributed by atoms with Crippen LogP contribution in [0.3, 0.4) is 0 Å². The maximum Gasteiger partial charge on any atom is 0.381 e. The van der Waals surface area contributed by atoms with E-state index in [1.165, 1.54) is 17.1 Å². The second-order valence-electron chi connectivity index (χ2n) is 3.79. The van der Waals surface area contributed by atoms with E-state index in [1.54, 1.807) is 4.90 Å². The van der Waals surface area contributed by atoms with Crippen LogP contribution in [0.25, 0.3) is 0 Å². The lowest BCUT2D eigenvalue weighted by molar-refractivity contribution is -0.389. The van der Waals surface area contributed by atoms with Crippen LogP contribution in [0.15, 0.2) is 12.5 Å². The first kappa shape index (κ1) is 11.5. The Morgan fingerprint density at radius 3 is 2.82 bits per heavy atom. The molecule has 0 unspecified atom stereocenters. The molecule has 2 rings (SSSR count). The average molecular weight is 239 g/mol. The molecule has 0 aliphatic carbocycles. The monoisotopic (exact) mass is 239 g/mol. The zero-order valence-electron chi connectivity index (χ0n) is 9.20. The number of carbonyl (C=O) groups excluding carboxylic acids is 1. The van der Waals surface area contributed by atoms with Gasteiger partial charge in [-0.2, -0.15) is 0 Å². The predicted molar refractivity (Wildman–Crippen MR) is 58.3 cm³/mol. The van der Waals surface area contributed by atoms with Gasteiger partial charge in [0, 0.05) is 26.2 Å². The van der Waals surface area contributed by atoms with Gasteiger partial charge in [-0.05, 0) is 9.91 Å². The van der Waals surface area contributed by atoms with Crippen LogP contribution in [0.1, 0.15) is 0 Å². The van der Waals surface area contributed by atoms with Gasteiger partial charge < -0.3 is 24.9 Å². The van der Waals surface area contributed by atoms with Crippen molar-refractivity contribution in [2.24, 2.45) is 0 Å². The molecule has 0 atom stereocenters. The van der Waals surface area contributed by atoms with Crippen LogP contribution in [0, 0.1) is 10.1 Å². The summed E-state index contributed by atoms with van der Waals surface area (Å²) in [4.78, 5) is 27.0. The summed E-state index contributed by atoms with van der Waals surface area (Å²) in [5, 5.41) is 13.6. The lowest BCUT2D eigenvalue weighted by Crippen LogP contribution is -2.47. The van der Waals surface area contributed by atoms with Gasteiger partial charge in [-0.1, -0.05) is 0 Å². The zero-order chi connectivity index (χ0) is 12.3. The quantitative estimate of drug-likeness (QED) is 0.552. The first-order chi connectivity index (χ1) is 8.16. The first-order valence-electron chi connectivity index (χ1n) is 5.31. The minimum absolute atomic E-state index is 0.0428. The smallest absolute Gasteiger partial charge is 0.358 e. The maximum atomic E-state index is 11.8. The highest BCUT2D eigenvalue weighted by atomic mass is 16.6. The third kappa shape index (κ3) is 2.78. The number of piperazine rings is 1. The summed E-state index contributed by atoms with van der Waals surface area (Å²) in [5.74, 6) is -0.281. The minimum Gasteiger partial charge on any atom is -0.358 e. The van der Waals surface area contributed by atoms with Crippen molar-refractivity contribution < 1.29 is 9.72 Å². The third-order valence-corrected chi connectivity index (χ3v) is 2.59. The molecule has 92 valence electrons. The second-order valence-corrected chi connectivity index (χ2v) is 3.79. The van der Waals surface area contributed by atoms with Gasteiger partial charge in [0.1, 0.15) is 12.7 Å². The largest absolute Gasteiger partial charge is 0.381 e. The van der Waals surface area contributed by atoms with Gasteiger partial charge in [0.15, 0.2) is 0 Å². The topological polar surface area (TPSA) is 93.3 Å². The molecule has 1 saturated heterocycles. The fourth-order valence-electron chi connectivity index (χ4n) is 1.70. The molecule has 17 heavy (non-hydrogen) atoms. The first-order valence-corrected chi connectivity index (χ1v) is 5.31.